The molecule has 0 fully saturated rings. The monoisotopic (exact) mass is 226 g/mol. The minimum absolute atomic E-state index is 0.150. The van der Waals surface area contributed by atoms with Gasteiger partial charge in [0.15, 0.2) is 0 Å². The van der Waals surface area contributed by atoms with Gasteiger partial charge in [0.05, 0.1) is 19.6 Å². The van der Waals surface area contributed by atoms with Gasteiger partial charge in [0.2, 0.25) is 6.29 Å². The van der Waals surface area contributed by atoms with Gasteiger partial charge in [-0.15, -0.1) is 0 Å². The highest BCUT2D eigenvalue weighted by atomic mass is 16.6. The number of hydrogen-bond donors (Lipinski definition) is 2. The molecule has 0 aliphatic heterocycles. The minimum Gasteiger partial charge on any atom is -0.497 e. The maximum atomic E-state index is 10.1. The molecule has 2 unspecified atom stereocenters. The maximum Gasteiger partial charge on any atom is 0.295 e. The fraction of sp³-hybridized carbons (Fsp3) is 0.364. The average molecular weight is 226 g/mol. The zero-order chi connectivity index (χ0) is 12.0. The second-order valence-electron chi connectivity index (χ2n) is 3.19. The predicted molar refractivity (Wildman–Crippen MR) is 56.0 cm³/mol. The van der Waals surface area contributed by atoms with Crippen molar-refractivity contribution in [2.45, 2.75) is 12.2 Å². The van der Waals surface area contributed by atoms with Crippen LogP contribution in [0.5, 0.6) is 5.75 Å². The van der Waals surface area contributed by atoms with E-state index in [4.69, 9.17) is 9.84 Å². The molecule has 1 rings (SSSR count). The summed E-state index contributed by atoms with van der Waals surface area (Å²) in [7, 11) is 1.54. The summed E-state index contributed by atoms with van der Waals surface area (Å²) in [6.07, 6.45) is -1.35. The van der Waals surface area contributed by atoms with Crippen LogP contribution in [0.25, 0.3) is 0 Å². The van der Waals surface area contributed by atoms with Gasteiger partial charge in [-0.1, -0.05) is 12.1 Å². The second kappa shape index (κ2) is 6.09. The van der Waals surface area contributed by atoms with Crippen molar-refractivity contribution >= 4 is 6.47 Å². The molecule has 0 radical (unpaired) electrons. The fourth-order valence-corrected chi connectivity index (χ4v) is 1.36. The highest BCUT2D eigenvalue weighted by molar-refractivity contribution is 5.38. The largest absolute Gasteiger partial charge is 0.497 e. The van der Waals surface area contributed by atoms with Crippen LogP contribution in [0.2, 0.25) is 0 Å². The van der Waals surface area contributed by atoms with E-state index in [-0.39, 0.29) is 13.1 Å². The van der Waals surface area contributed by atoms with E-state index in [0.29, 0.717) is 11.3 Å². The van der Waals surface area contributed by atoms with E-state index in [1.165, 1.54) is 0 Å². The molecular weight excluding hydrogens is 212 g/mol. The topological polar surface area (TPSA) is 76.0 Å². The molecule has 0 amide bonds. The summed E-state index contributed by atoms with van der Waals surface area (Å²) >= 11 is 0. The third-order valence-corrected chi connectivity index (χ3v) is 2.28. The fourth-order valence-electron chi connectivity index (χ4n) is 1.36. The highest BCUT2D eigenvalue weighted by Gasteiger charge is 2.21. The van der Waals surface area contributed by atoms with Gasteiger partial charge in [0.1, 0.15) is 5.75 Å². The molecule has 0 saturated heterocycles. The van der Waals surface area contributed by atoms with Crippen LogP contribution < -0.4 is 4.74 Å². The molecule has 1 aromatic carbocycles. The van der Waals surface area contributed by atoms with E-state index < -0.39 is 12.2 Å². The smallest absolute Gasteiger partial charge is 0.295 e. The molecule has 0 saturated carbocycles. The van der Waals surface area contributed by atoms with Crippen LogP contribution in [-0.2, 0) is 9.53 Å². The molecule has 16 heavy (non-hydrogen) atoms. The van der Waals surface area contributed by atoms with Crippen LogP contribution in [0.15, 0.2) is 24.3 Å². The van der Waals surface area contributed by atoms with Gasteiger partial charge in [-0.3, -0.25) is 4.79 Å². The lowest BCUT2D eigenvalue weighted by Gasteiger charge is -2.19. The Hall–Kier alpha value is -1.59. The van der Waals surface area contributed by atoms with Crippen molar-refractivity contribution in [3.63, 3.8) is 0 Å². The summed E-state index contributed by atoms with van der Waals surface area (Å²) in [4.78, 5) is 10.1. The lowest BCUT2D eigenvalue weighted by Crippen LogP contribution is -2.24. The zero-order valence-electron chi connectivity index (χ0n) is 8.87. The number of carbonyl (C=O) groups is 1. The van der Waals surface area contributed by atoms with Gasteiger partial charge in [0.25, 0.3) is 6.47 Å². The Morgan fingerprint density at radius 2 is 2.00 bits per heavy atom. The molecule has 2 N–H and O–H groups in total. The number of ether oxygens (including phenoxy) is 2. The normalized spacial score (nSPS) is 13.9. The summed E-state index contributed by atoms with van der Waals surface area (Å²) in [6, 6.07) is 6.78. The van der Waals surface area contributed by atoms with E-state index in [9.17, 15) is 9.90 Å². The molecule has 0 aliphatic rings. The summed E-state index contributed by atoms with van der Waals surface area (Å²) < 4.78 is 9.37. The lowest BCUT2D eigenvalue weighted by molar-refractivity contribution is -0.157. The van der Waals surface area contributed by atoms with Crippen molar-refractivity contribution in [1.29, 1.82) is 0 Å². The van der Waals surface area contributed by atoms with E-state index in [1.54, 1.807) is 31.4 Å². The molecule has 2 atom stereocenters. The van der Waals surface area contributed by atoms with E-state index in [1.807, 2.05) is 0 Å². The van der Waals surface area contributed by atoms with Crippen molar-refractivity contribution in [2.24, 2.45) is 0 Å². The Morgan fingerprint density at radius 1 is 1.38 bits per heavy atom. The minimum atomic E-state index is -1.35. The lowest BCUT2D eigenvalue weighted by atomic mass is 9.99. The van der Waals surface area contributed by atoms with Crippen LogP contribution in [0.3, 0.4) is 0 Å². The first-order valence-electron chi connectivity index (χ1n) is 4.75. The Morgan fingerprint density at radius 3 is 2.44 bits per heavy atom. The Balaban J connectivity index is 2.81. The summed E-state index contributed by atoms with van der Waals surface area (Å²) in [5.41, 5.74) is 0.664. The molecule has 0 aliphatic carbocycles. The number of benzene rings is 1. The Kier molecular flexibility index (Phi) is 4.75. The molecule has 0 bridgehead atoms. The van der Waals surface area contributed by atoms with Crippen LogP contribution in [0, 0.1) is 0 Å². The van der Waals surface area contributed by atoms with E-state index in [2.05, 4.69) is 4.74 Å². The van der Waals surface area contributed by atoms with Gasteiger partial charge in [-0.2, -0.15) is 0 Å². The molecule has 0 spiro atoms. The van der Waals surface area contributed by atoms with Gasteiger partial charge >= 0.3 is 0 Å². The Bertz CT molecular complexity index is 322. The van der Waals surface area contributed by atoms with Gasteiger partial charge in [-0.25, -0.2) is 0 Å². The van der Waals surface area contributed by atoms with Crippen LogP contribution in [0.4, 0.5) is 0 Å². The maximum absolute atomic E-state index is 10.1. The van der Waals surface area contributed by atoms with Crippen LogP contribution >= 0.6 is 0 Å². The zero-order valence-corrected chi connectivity index (χ0v) is 8.87. The molecule has 88 valence electrons. The first-order valence-corrected chi connectivity index (χ1v) is 4.75. The van der Waals surface area contributed by atoms with Crippen molar-refractivity contribution in [3.05, 3.63) is 29.8 Å². The summed E-state index contributed by atoms with van der Waals surface area (Å²) in [6.45, 7) is -0.168. The van der Waals surface area contributed by atoms with Crippen molar-refractivity contribution in [1.82, 2.24) is 0 Å². The first-order chi connectivity index (χ1) is 7.72. The number of aliphatic hydroxyl groups is 2. The van der Waals surface area contributed by atoms with Gasteiger partial charge < -0.3 is 19.7 Å². The predicted octanol–water partition coefficient (Wildman–Crippen LogP) is 0.263. The molecule has 0 aromatic heterocycles. The second-order valence-corrected chi connectivity index (χ2v) is 3.19. The number of methoxy groups -OCH3 is 1. The number of aliphatic hydroxyl groups excluding tert-OH is 2. The molecule has 5 nitrogen and oxygen atoms in total. The first kappa shape index (κ1) is 12.5. The van der Waals surface area contributed by atoms with Crippen LogP contribution in [0.1, 0.15) is 11.5 Å². The highest BCUT2D eigenvalue weighted by Crippen LogP contribution is 2.22. The number of carbonyl (C=O) groups excluding carboxylic acids is 1. The standard InChI is InChI=1S/C11H14O5/c1-15-9-4-2-8(3-5-9)10(6-12)11(14)16-7-13/h2-5,7,10-12,14H,6H2,1H3. The van der Waals surface area contributed by atoms with Crippen molar-refractivity contribution in [3.8, 4) is 5.75 Å². The SMILES string of the molecule is COc1ccc(C(CO)C(O)OC=O)cc1. The number of rotatable bonds is 6. The van der Waals surface area contributed by atoms with Crippen molar-refractivity contribution < 1.29 is 24.5 Å². The molecular formula is C11H14O5. The van der Waals surface area contributed by atoms with Crippen LogP contribution in [-0.4, -0.2) is 36.7 Å². The van der Waals surface area contributed by atoms with Gasteiger partial charge in [0, 0.05) is 0 Å². The van der Waals surface area contributed by atoms with Crippen molar-refractivity contribution in [2.75, 3.05) is 13.7 Å². The number of hydrogen-bond acceptors (Lipinski definition) is 5. The summed E-state index contributed by atoms with van der Waals surface area (Å²) in [5.74, 6) is 0.0161. The van der Waals surface area contributed by atoms with E-state index >= 15 is 0 Å². The average Bonchev–Trinajstić information content (AvgIpc) is 2.31. The summed E-state index contributed by atoms with van der Waals surface area (Å²) in [5, 5.41) is 18.6. The molecule has 1 aromatic rings. The quantitative estimate of drug-likeness (QED) is 0.537. The third-order valence-electron chi connectivity index (χ3n) is 2.28. The molecule has 0 heterocycles. The Labute approximate surface area is 93.2 Å². The van der Waals surface area contributed by atoms with E-state index in [0.717, 1.165) is 0 Å². The molecule has 5 heteroatoms. The van der Waals surface area contributed by atoms with Gasteiger partial charge in [-0.05, 0) is 17.7 Å². The third kappa shape index (κ3) is 2.95.